The zero-order chi connectivity index (χ0) is 18.2. The zero-order valence-electron chi connectivity index (χ0n) is 14.0. The van der Waals surface area contributed by atoms with Crippen LogP contribution in [0.25, 0.3) is 0 Å². The maximum absolute atomic E-state index is 13.2. The quantitative estimate of drug-likeness (QED) is 0.636. The molecule has 26 heavy (non-hydrogen) atoms. The first-order valence-electron chi connectivity index (χ1n) is 8.18. The minimum Gasteiger partial charge on any atom is -0.490 e. The number of para-hydroxylation sites is 1. The van der Waals surface area contributed by atoms with Crippen LogP contribution in [0.15, 0.2) is 78.9 Å². The molecular weight excluding hydrogens is 333 g/mol. The average molecular weight is 351 g/mol. The zero-order valence-corrected chi connectivity index (χ0v) is 14.0. The van der Waals surface area contributed by atoms with Gasteiger partial charge in [-0.15, -0.1) is 0 Å². The van der Waals surface area contributed by atoms with Crippen LogP contribution in [-0.2, 0) is 0 Å². The van der Waals surface area contributed by atoms with Crippen molar-refractivity contribution in [1.82, 2.24) is 0 Å². The van der Waals surface area contributed by atoms with E-state index < -0.39 is 5.82 Å². The largest absolute Gasteiger partial charge is 0.490 e. The van der Waals surface area contributed by atoms with Crippen molar-refractivity contribution in [1.29, 1.82) is 0 Å². The highest BCUT2D eigenvalue weighted by molar-refractivity contribution is 6.04. The number of hydrogen-bond acceptors (Lipinski definition) is 3. The fourth-order valence-corrected chi connectivity index (χ4v) is 2.33. The second kappa shape index (κ2) is 8.67. The highest BCUT2D eigenvalue weighted by Crippen LogP contribution is 2.16. The third kappa shape index (κ3) is 5.08. The average Bonchev–Trinajstić information content (AvgIpc) is 2.66. The molecule has 0 unspecified atom stereocenters. The molecule has 0 atom stereocenters. The number of carbonyl (C=O) groups excluding carboxylic acids is 1. The molecule has 1 N–H and O–H groups in total. The van der Waals surface area contributed by atoms with E-state index in [9.17, 15) is 9.18 Å². The second-order valence-corrected chi connectivity index (χ2v) is 5.50. The van der Waals surface area contributed by atoms with E-state index in [1.54, 1.807) is 30.3 Å². The lowest BCUT2D eigenvalue weighted by Gasteiger charge is -2.10. The van der Waals surface area contributed by atoms with Gasteiger partial charge in [0.05, 0.1) is 0 Å². The summed E-state index contributed by atoms with van der Waals surface area (Å²) in [5, 5.41) is 2.66. The first-order valence-corrected chi connectivity index (χ1v) is 8.18. The summed E-state index contributed by atoms with van der Waals surface area (Å²) in [7, 11) is 0. The summed E-state index contributed by atoms with van der Waals surface area (Å²) in [5.74, 6) is 0.604. The standard InChI is InChI=1S/C21H18FNO3/c22-17-7-5-8-18(15-17)23-21(24)16-6-4-11-20(14-16)26-13-12-25-19-9-2-1-3-10-19/h1-11,14-15H,12-13H2,(H,23,24). The lowest BCUT2D eigenvalue weighted by Crippen LogP contribution is -2.13. The van der Waals surface area contributed by atoms with E-state index in [4.69, 9.17) is 9.47 Å². The Morgan fingerprint density at radius 3 is 2.27 bits per heavy atom. The van der Waals surface area contributed by atoms with Gasteiger partial charge in [0.15, 0.2) is 0 Å². The molecule has 5 heteroatoms. The highest BCUT2D eigenvalue weighted by Gasteiger charge is 2.08. The molecule has 0 aliphatic heterocycles. The SMILES string of the molecule is O=C(Nc1cccc(F)c1)c1cccc(OCCOc2ccccc2)c1. The third-order valence-electron chi connectivity index (χ3n) is 3.54. The van der Waals surface area contributed by atoms with Gasteiger partial charge in [0, 0.05) is 11.3 Å². The number of hydrogen-bond donors (Lipinski definition) is 1. The summed E-state index contributed by atoms with van der Waals surface area (Å²) in [6, 6.07) is 22.0. The van der Waals surface area contributed by atoms with Gasteiger partial charge in [0.1, 0.15) is 30.5 Å². The van der Waals surface area contributed by atoms with Crippen molar-refractivity contribution >= 4 is 11.6 Å². The van der Waals surface area contributed by atoms with Crippen LogP contribution in [-0.4, -0.2) is 19.1 Å². The van der Waals surface area contributed by atoms with E-state index in [-0.39, 0.29) is 5.91 Å². The smallest absolute Gasteiger partial charge is 0.255 e. The van der Waals surface area contributed by atoms with Gasteiger partial charge in [0.2, 0.25) is 0 Å². The van der Waals surface area contributed by atoms with Crippen molar-refractivity contribution in [2.45, 2.75) is 0 Å². The summed E-state index contributed by atoms with van der Waals surface area (Å²) in [4.78, 5) is 12.3. The molecule has 0 aliphatic carbocycles. The van der Waals surface area contributed by atoms with Crippen LogP contribution in [0.2, 0.25) is 0 Å². The predicted octanol–water partition coefficient (Wildman–Crippen LogP) is 4.54. The van der Waals surface area contributed by atoms with Gasteiger partial charge in [0.25, 0.3) is 5.91 Å². The molecule has 0 spiro atoms. The van der Waals surface area contributed by atoms with E-state index in [2.05, 4.69) is 5.32 Å². The predicted molar refractivity (Wildman–Crippen MR) is 98.2 cm³/mol. The Balaban J connectivity index is 1.53. The third-order valence-corrected chi connectivity index (χ3v) is 3.54. The molecule has 1 amide bonds. The van der Waals surface area contributed by atoms with E-state index in [0.717, 1.165) is 5.75 Å². The second-order valence-electron chi connectivity index (χ2n) is 5.50. The number of nitrogens with one attached hydrogen (secondary N) is 1. The molecule has 3 aromatic carbocycles. The van der Waals surface area contributed by atoms with Crippen LogP contribution in [0.4, 0.5) is 10.1 Å². The number of amides is 1. The molecule has 0 aliphatic rings. The van der Waals surface area contributed by atoms with Gasteiger partial charge >= 0.3 is 0 Å². The first kappa shape index (κ1) is 17.5. The van der Waals surface area contributed by atoms with Crippen molar-refractivity contribution in [3.05, 3.63) is 90.2 Å². The molecule has 3 aromatic rings. The van der Waals surface area contributed by atoms with Gasteiger partial charge in [-0.2, -0.15) is 0 Å². The van der Waals surface area contributed by atoms with E-state index >= 15 is 0 Å². The van der Waals surface area contributed by atoms with Crippen LogP contribution in [0.1, 0.15) is 10.4 Å². The van der Waals surface area contributed by atoms with E-state index in [1.807, 2.05) is 30.3 Å². The summed E-state index contributed by atoms with van der Waals surface area (Å²) in [6.07, 6.45) is 0. The molecule has 0 radical (unpaired) electrons. The van der Waals surface area contributed by atoms with Crippen LogP contribution in [0, 0.1) is 5.82 Å². The fraction of sp³-hybridized carbons (Fsp3) is 0.0952. The van der Waals surface area contributed by atoms with E-state index in [1.165, 1.54) is 18.2 Å². The van der Waals surface area contributed by atoms with Crippen molar-refractivity contribution in [2.24, 2.45) is 0 Å². The molecule has 132 valence electrons. The Bertz CT molecular complexity index is 868. The summed E-state index contributed by atoms with van der Waals surface area (Å²) < 4.78 is 24.4. The number of rotatable bonds is 7. The highest BCUT2D eigenvalue weighted by atomic mass is 19.1. The van der Waals surface area contributed by atoms with Crippen LogP contribution in [0.3, 0.4) is 0 Å². The Kier molecular flexibility index (Phi) is 5.83. The Hall–Kier alpha value is -3.34. The van der Waals surface area contributed by atoms with Gasteiger partial charge in [-0.3, -0.25) is 4.79 Å². The Labute approximate surface area is 151 Å². The van der Waals surface area contributed by atoms with Gasteiger partial charge < -0.3 is 14.8 Å². The minimum absolute atomic E-state index is 0.332. The molecular formula is C21H18FNO3. The number of ether oxygens (including phenoxy) is 2. The molecule has 0 saturated heterocycles. The van der Waals surface area contributed by atoms with Crippen molar-refractivity contribution in [2.75, 3.05) is 18.5 Å². The number of carbonyl (C=O) groups is 1. The molecule has 0 bridgehead atoms. The monoisotopic (exact) mass is 351 g/mol. The minimum atomic E-state index is -0.404. The van der Waals surface area contributed by atoms with Gasteiger partial charge in [-0.05, 0) is 48.5 Å². The van der Waals surface area contributed by atoms with Crippen LogP contribution >= 0.6 is 0 Å². The summed E-state index contributed by atoms with van der Waals surface area (Å²) in [5.41, 5.74) is 0.827. The lowest BCUT2D eigenvalue weighted by atomic mass is 10.2. The maximum atomic E-state index is 13.2. The number of halogens is 1. The van der Waals surface area contributed by atoms with E-state index in [0.29, 0.717) is 30.2 Å². The summed E-state index contributed by atoms with van der Waals surface area (Å²) in [6.45, 7) is 0.744. The fourth-order valence-electron chi connectivity index (χ4n) is 2.33. The molecule has 0 saturated carbocycles. The Morgan fingerprint density at radius 1 is 0.808 bits per heavy atom. The first-order chi connectivity index (χ1) is 12.7. The van der Waals surface area contributed by atoms with Crippen LogP contribution in [0.5, 0.6) is 11.5 Å². The molecule has 0 fully saturated rings. The number of benzene rings is 3. The molecule has 4 nitrogen and oxygen atoms in total. The number of anilines is 1. The lowest BCUT2D eigenvalue weighted by molar-refractivity contribution is 0.102. The van der Waals surface area contributed by atoms with Gasteiger partial charge in [-0.25, -0.2) is 4.39 Å². The van der Waals surface area contributed by atoms with Crippen LogP contribution < -0.4 is 14.8 Å². The van der Waals surface area contributed by atoms with Crippen molar-refractivity contribution < 1.29 is 18.7 Å². The normalized spacial score (nSPS) is 10.2. The van der Waals surface area contributed by atoms with Gasteiger partial charge in [-0.1, -0.05) is 30.3 Å². The molecule has 0 heterocycles. The summed E-state index contributed by atoms with van der Waals surface area (Å²) >= 11 is 0. The maximum Gasteiger partial charge on any atom is 0.255 e. The van der Waals surface area contributed by atoms with Crippen molar-refractivity contribution in [3.8, 4) is 11.5 Å². The van der Waals surface area contributed by atoms with Crippen molar-refractivity contribution in [3.63, 3.8) is 0 Å². The molecule has 0 aromatic heterocycles. The Morgan fingerprint density at radius 2 is 1.50 bits per heavy atom. The topological polar surface area (TPSA) is 47.6 Å². The molecule has 3 rings (SSSR count).